The van der Waals surface area contributed by atoms with Gasteiger partial charge in [0.05, 0.1) is 21.3 Å². The zero-order chi connectivity index (χ0) is 9.42. The van der Waals surface area contributed by atoms with Crippen LogP contribution in [0.3, 0.4) is 0 Å². The van der Waals surface area contributed by atoms with Crippen LogP contribution >= 0.6 is 11.3 Å². The molecule has 0 bridgehead atoms. The number of halogens is 1. The van der Waals surface area contributed by atoms with Crippen molar-refractivity contribution in [3.63, 3.8) is 0 Å². The Morgan fingerprint density at radius 2 is 2.23 bits per heavy atom. The van der Waals surface area contributed by atoms with Crippen LogP contribution in [0.15, 0.2) is 18.2 Å². The van der Waals surface area contributed by atoms with E-state index in [1.165, 1.54) is 12.1 Å². The molecule has 1 heterocycles. The van der Waals surface area contributed by atoms with Gasteiger partial charge in [0.15, 0.2) is 0 Å². The van der Waals surface area contributed by atoms with Gasteiger partial charge in [-0.25, -0.2) is 4.39 Å². The van der Waals surface area contributed by atoms with Gasteiger partial charge in [-0.05, 0) is 18.2 Å². The normalized spacial score (nSPS) is 10.2. The fourth-order valence-corrected chi connectivity index (χ4v) is 2.06. The Kier molecular flexibility index (Phi) is 1.67. The number of rotatable bonds is 0. The Hall–Kier alpha value is -1.60. The SMILES string of the molecule is N#Cc1ccc(F)c2sc(N)cc12. The third-order valence-corrected chi connectivity index (χ3v) is 2.75. The van der Waals surface area contributed by atoms with Crippen molar-refractivity contribution < 1.29 is 4.39 Å². The van der Waals surface area contributed by atoms with E-state index in [2.05, 4.69) is 0 Å². The summed E-state index contributed by atoms with van der Waals surface area (Å²) in [5.74, 6) is -0.323. The molecule has 2 aromatic rings. The summed E-state index contributed by atoms with van der Waals surface area (Å²) < 4.78 is 13.6. The molecule has 0 unspecified atom stereocenters. The molecule has 1 aromatic carbocycles. The molecule has 4 heteroatoms. The highest BCUT2D eigenvalue weighted by Gasteiger charge is 2.08. The van der Waals surface area contributed by atoms with Crippen LogP contribution in [-0.4, -0.2) is 0 Å². The molecule has 0 saturated heterocycles. The van der Waals surface area contributed by atoms with Crippen molar-refractivity contribution in [1.29, 1.82) is 5.26 Å². The van der Waals surface area contributed by atoms with Crippen LogP contribution in [0.5, 0.6) is 0 Å². The van der Waals surface area contributed by atoms with Gasteiger partial charge in [-0.15, -0.1) is 11.3 Å². The molecular weight excluding hydrogens is 187 g/mol. The summed E-state index contributed by atoms with van der Waals surface area (Å²) in [6, 6.07) is 6.37. The maximum absolute atomic E-state index is 13.2. The van der Waals surface area contributed by atoms with Gasteiger partial charge in [-0.2, -0.15) is 5.26 Å². The van der Waals surface area contributed by atoms with Crippen molar-refractivity contribution >= 4 is 26.4 Å². The average molecular weight is 192 g/mol. The first-order valence-electron chi connectivity index (χ1n) is 3.60. The molecule has 2 N–H and O–H groups in total. The van der Waals surface area contributed by atoms with E-state index in [4.69, 9.17) is 11.0 Å². The van der Waals surface area contributed by atoms with Crippen molar-refractivity contribution in [3.05, 3.63) is 29.6 Å². The Balaban J connectivity index is 2.94. The molecule has 1 aromatic heterocycles. The van der Waals surface area contributed by atoms with Crippen molar-refractivity contribution in [2.45, 2.75) is 0 Å². The summed E-state index contributed by atoms with van der Waals surface area (Å²) in [6.07, 6.45) is 0. The van der Waals surface area contributed by atoms with E-state index in [0.717, 1.165) is 11.3 Å². The van der Waals surface area contributed by atoms with Gasteiger partial charge in [0.25, 0.3) is 0 Å². The predicted molar refractivity (Wildman–Crippen MR) is 50.9 cm³/mol. The van der Waals surface area contributed by atoms with Crippen molar-refractivity contribution in [1.82, 2.24) is 0 Å². The number of nitrogens with two attached hydrogens (primary N) is 1. The lowest BCUT2D eigenvalue weighted by atomic mass is 10.1. The van der Waals surface area contributed by atoms with Gasteiger partial charge in [0.1, 0.15) is 5.82 Å². The van der Waals surface area contributed by atoms with E-state index >= 15 is 0 Å². The number of anilines is 1. The summed E-state index contributed by atoms with van der Waals surface area (Å²) in [5, 5.41) is 9.85. The molecule has 0 saturated carbocycles. The Bertz CT molecular complexity index is 510. The molecule has 0 spiro atoms. The monoisotopic (exact) mass is 192 g/mol. The number of hydrogen-bond acceptors (Lipinski definition) is 3. The van der Waals surface area contributed by atoms with Crippen molar-refractivity contribution in [2.24, 2.45) is 0 Å². The van der Waals surface area contributed by atoms with Crippen LogP contribution < -0.4 is 5.73 Å². The third-order valence-electron chi connectivity index (χ3n) is 1.78. The lowest BCUT2D eigenvalue weighted by molar-refractivity contribution is 0.641. The molecule has 0 aliphatic heterocycles. The number of fused-ring (bicyclic) bond motifs is 1. The number of benzene rings is 1. The number of thiophene rings is 1. The van der Waals surface area contributed by atoms with Gasteiger partial charge in [-0.1, -0.05) is 0 Å². The molecule has 0 aliphatic carbocycles. The number of nitriles is 1. The topological polar surface area (TPSA) is 49.8 Å². The van der Waals surface area contributed by atoms with E-state index in [9.17, 15) is 4.39 Å². The van der Waals surface area contributed by atoms with E-state index in [1.807, 2.05) is 6.07 Å². The van der Waals surface area contributed by atoms with Crippen LogP contribution in [0.2, 0.25) is 0 Å². The zero-order valence-corrected chi connectivity index (χ0v) is 7.36. The second-order valence-electron chi connectivity index (χ2n) is 2.60. The molecule has 64 valence electrons. The molecule has 0 aliphatic rings. The van der Waals surface area contributed by atoms with Crippen LogP contribution in [-0.2, 0) is 0 Å². The summed E-state index contributed by atoms with van der Waals surface area (Å²) in [5.41, 5.74) is 5.99. The molecular formula is C9H5FN2S. The summed E-state index contributed by atoms with van der Waals surface area (Å²) in [4.78, 5) is 0. The quantitative estimate of drug-likeness (QED) is 0.697. The third kappa shape index (κ3) is 1.14. The molecule has 0 fully saturated rings. The standard InChI is InChI=1S/C9H5FN2S/c10-7-2-1-5(4-11)6-3-8(12)13-9(6)7/h1-3H,12H2. The predicted octanol–water partition coefficient (Wildman–Crippen LogP) is 2.49. The molecule has 0 amide bonds. The minimum atomic E-state index is -0.323. The maximum atomic E-state index is 13.2. The van der Waals surface area contributed by atoms with Crippen molar-refractivity contribution in [3.8, 4) is 6.07 Å². The van der Waals surface area contributed by atoms with Crippen LogP contribution in [0, 0.1) is 17.1 Å². The molecule has 2 rings (SSSR count). The lowest BCUT2D eigenvalue weighted by Gasteiger charge is -1.92. The average Bonchev–Trinajstić information content (AvgIpc) is 2.48. The van der Waals surface area contributed by atoms with E-state index in [0.29, 0.717) is 20.7 Å². The minimum Gasteiger partial charge on any atom is -0.391 e. The Morgan fingerprint density at radius 1 is 1.46 bits per heavy atom. The van der Waals surface area contributed by atoms with Gasteiger partial charge in [0, 0.05) is 5.39 Å². The summed E-state index contributed by atoms with van der Waals surface area (Å²) >= 11 is 1.16. The number of nitrogens with zero attached hydrogens (tertiary/aromatic N) is 1. The molecule has 0 radical (unpaired) electrons. The molecule has 13 heavy (non-hydrogen) atoms. The maximum Gasteiger partial charge on any atom is 0.141 e. The highest BCUT2D eigenvalue weighted by Crippen LogP contribution is 2.31. The minimum absolute atomic E-state index is 0.323. The van der Waals surface area contributed by atoms with Gasteiger partial charge in [0.2, 0.25) is 0 Å². The van der Waals surface area contributed by atoms with Crippen LogP contribution in [0.4, 0.5) is 9.39 Å². The molecule has 0 atom stereocenters. The fraction of sp³-hybridized carbons (Fsp3) is 0. The lowest BCUT2D eigenvalue weighted by Crippen LogP contribution is -1.78. The van der Waals surface area contributed by atoms with Crippen LogP contribution in [0.25, 0.3) is 10.1 Å². The number of hydrogen-bond donors (Lipinski definition) is 1. The Morgan fingerprint density at radius 3 is 2.92 bits per heavy atom. The first-order valence-corrected chi connectivity index (χ1v) is 4.41. The van der Waals surface area contributed by atoms with Gasteiger partial charge < -0.3 is 5.73 Å². The highest BCUT2D eigenvalue weighted by atomic mass is 32.1. The van der Waals surface area contributed by atoms with E-state index in [-0.39, 0.29) is 5.82 Å². The van der Waals surface area contributed by atoms with Crippen molar-refractivity contribution in [2.75, 3.05) is 5.73 Å². The smallest absolute Gasteiger partial charge is 0.141 e. The first kappa shape index (κ1) is 8.02. The fourth-order valence-electron chi connectivity index (χ4n) is 1.21. The second-order valence-corrected chi connectivity index (χ2v) is 3.68. The zero-order valence-electron chi connectivity index (χ0n) is 6.54. The van der Waals surface area contributed by atoms with Gasteiger partial charge >= 0.3 is 0 Å². The Labute approximate surface area is 78.0 Å². The van der Waals surface area contributed by atoms with Crippen LogP contribution in [0.1, 0.15) is 5.56 Å². The van der Waals surface area contributed by atoms with E-state index < -0.39 is 0 Å². The summed E-state index contributed by atoms with van der Waals surface area (Å²) in [7, 11) is 0. The molecule has 2 nitrogen and oxygen atoms in total. The number of nitrogen functional groups attached to an aromatic ring is 1. The second kappa shape index (κ2) is 2.71. The highest BCUT2D eigenvalue weighted by molar-refractivity contribution is 7.22. The van der Waals surface area contributed by atoms with E-state index in [1.54, 1.807) is 6.07 Å². The summed E-state index contributed by atoms with van der Waals surface area (Å²) in [6.45, 7) is 0. The first-order chi connectivity index (χ1) is 6.22. The largest absolute Gasteiger partial charge is 0.391 e. The van der Waals surface area contributed by atoms with Gasteiger partial charge in [-0.3, -0.25) is 0 Å².